The Hall–Kier alpha value is -1.42. The van der Waals surface area contributed by atoms with E-state index in [1.807, 2.05) is 12.1 Å². The highest BCUT2D eigenvalue weighted by molar-refractivity contribution is 5.57. The van der Waals surface area contributed by atoms with E-state index in [1.165, 1.54) is 0 Å². The molecule has 1 aliphatic rings. The Morgan fingerprint density at radius 2 is 2.00 bits per heavy atom. The quantitative estimate of drug-likeness (QED) is 0.841. The molecule has 1 aliphatic heterocycles. The van der Waals surface area contributed by atoms with Crippen molar-refractivity contribution in [3.63, 3.8) is 0 Å². The van der Waals surface area contributed by atoms with Crippen LogP contribution in [0.2, 0.25) is 0 Å². The van der Waals surface area contributed by atoms with E-state index in [2.05, 4.69) is 24.8 Å². The van der Waals surface area contributed by atoms with E-state index in [0.717, 1.165) is 36.7 Å². The summed E-state index contributed by atoms with van der Waals surface area (Å²) >= 11 is 0. The molecule has 1 aromatic carbocycles. The van der Waals surface area contributed by atoms with Crippen molar-refractivity contribution >= 4 is 5.69 Å². The van der Waals surface area contributed by atoms with Crippen LogP contribution in [-0.2, 0) is 0 Å². The number of ether oxygens (including phenoxy) is 2. The molecule has 0 amide bonds. The second kappa shape index (κ2) is 5.96. The maximum Gasteiger partial charge on any atom is 0.231 e. The zero-order valence-electron chi connectivity index (χ0n) is 11.2. The summed E-state index contributed by atoms with van der Waals surface area (Å²) in [5.74, 6) is 2.36. The van der Waals surface area contributed by atoms with Gasteiger partial charge in [-0.25, -0.2) is 0 Å². The van der Waals surface area contributed by atoms with Gasteiger partial charge in [0.2, 0.25) is 6.79 Å². The van der Waals surface area contributed by atoms with Gasteiger partial charge >= 0.3 is 0 Å². The molecule has 2 N–H and O–H groups in total. The van der Waals surface area contributed by atoms with E-state index in [4.69, 9.17) is 15.2 Å². The van der Waals surface area contributed by atoms with Crippen LogP contribution in [0.1, 0.15) is 20.3 Å². The molecule has 0 saturated carbocycles. The molecule has 1 aromatic rings. The van der Waals surface area contributed by atoms with Gasteiger partial charge in [-0.05, 0) is 24.5 Å². The zero-order valence-corrected chi connectivity index (χ0v) is 11.2. The van der Waals surface area contributed by atoms with Crippen molar-refractivity contribution in [3.8, 4) is 11.5 Å². The summed E-state index contributed by atoms with van der Waals surface area (Å²) in [5.41, 5.74) is 6.85. The Kier molecular flexibility index (Phi) is 4.31. The number of fused-ring (bicyclic) bond motifs is 1. The summed E-state index contributed by atoms with van der Waals surface area (Å²) in [6, 6.07) is 6.08. The number of anilines is 1. The van der Waals surface area contributed by atoms with Gasteiger partial charge in [0.05, 0.1) is 0 Å². The lowest BCUT2D eigenvalue weighted by Gasteiger charge is -2.25. The van der Waals surface area contributed by atoms with Gasteiger partial charge in [0.25, 0.3) is 0 Å². The molecule has 100 valence electrons. The van der Waals surface area contributed by atoms with E-state index >= 15 is 0 Å². The van der Waals surface area contributed by atoms with Crippen molar-refractivity contribution in [1.82, 2.24) is 0 Å². The van der Waals surface area contributed by atoms with Gasteiger partial charge in [-0.3, -0.25) is 0 Å². The van der Waals surface area contributed by atoms with Crippen molar-refractivity contribution in [3.05, 3.63) is 18.2 Å². The molecule has 1 heterocycles. The second-order valence-electron chi connectivity index (χ2n) is 5.00. The topological polar surface area (TPSA) is 47.7 Å². The first kappa shape index (κ1) is 13.0. The summed E-state index contributed by atoms with van der Waals surface area (Å²) in [7, 11) is 0. The first-order valence-electron chi connectivity index (χ1n) is 6.55. The molecule has 0 aliphatic carbocycles. The summed E-state index contributed by atoms with van der Waals surface area (Å²) in [5, 5.41) is 0. The molecule has 0 unspecified atom stereocenters. The molecule has 4 nitrogen and oxygen atoms in total. The van der Waals surface area contributed by atoms with Crippen LogP contribution in [0.4, 0.5) is 5.69 Å². The summed E-state index contributed by atoms with van der Waals surface area (Å²) in [4.78, 5) is 2.31. The van der Waals surface area contributed by atoms with Gasteiger partial charge in [0.1, 0.15) is 0 Å². The van der Waals surface area contributed by atoms with Gasteiger partial charge in [0.15, 0.2) is 11.5 Å². The second-order valence-corrected chi connectivity index (χ2v) is 5.00. The van der Waals surface area contributed by atoms with Crippen LogP contribution in [-0.4, -0.2) is 26.4 Å². The predicted molar refractivity (Wildman–Crippen MR) is 73.3 cm³/mol. The molecule has 0 fully saturated rings. The molecular weight excluding hydrogens is 228 g/mol. The number of benzene rings is 1. The van der Waals surface area contributed by atoms with Gasteiger partial charge in [-0.15, -0.1) is 0 Å². The van der Waals surface area contributed by atoms with E-state index in [0.29, 0.717) is 19.3 Å². The predicted octanol–water partition coefficient (Wildman–Crippen LogP) is 2.23. The van der Waals surface area contributed by atoms with Crippen LogP contribution in [0.15, 0.2) is 18.2 Å². The molecule has 0 aromatic heterocycles. The van der Waals surface area contributed by atoms with E-state index in [1.54, 1.807) is 0 Å². The van der Waals surface area contributed by atoms with Crippen LogP contribution < -0.4 is 20.1 Å². The molecule has 18 heavy (non-hydrogen) atoms. The molecule has 2 rings (SSSR count). The summed E-state index contributed by atoms with van der Waals surface area (Å²) < 4.78 is 10.7. The van der Waals surface area contributed by atoms with Crippen LogP contribution in [0.5, 0.6) is 11.5 Å². The van der Waals surface area contributed by atoms with E-state index in [-0.39, 0.29) is 0 Å². The molecule has 0 saturated heterocycles. The van der Waals surface area contributed by atoms with E-state index in [9.17, 15) is 0 Å². The smallest absolute Gasteiger partial charge is 0.231 e. The first-order valence-corrected chi connectivity index (χ1v) is 6.55. The third-order valence-electron chi connectivity index (χ3n) is 3.10. The van der Waals surface area contributed by atoms with Crippen molar-refractivity contribution in [2.45, 2.75) is 20.3 Å². The van der Waals surface area contributed by atoms with Gasteiger partial charge < -0.3 is 20.1 Å². The van der Waals surface area contributed by atoms with Crippen LogP contribution in [0.25, 0.3) is 0 Å². The standard InChI is InChI=1S/C14H22N2O2/c1-11(2)5-7-16(8-6-15)12-3-4-13-14(9-12)18-10-17-13/h3-4,9,11H,5-8,10,15H2,1-2H3. The Morgan fingerprint density at radius 1 is 1.22 bits per heavy atom. The Balaban J connectivity index is 2.09. The Morgan fingerprint density at radius 3 is 2.72 bits per heavy atom. The fourth-order valence-corrected chi connectivity index (χ4v) is 2.02. The number of hydrogen-bond donors (Lipinski definition) is 1. The van der Waals surface area contributed by atoms with Gasteiger partial charge in [-0.2, -0.15) is 0 Å². The van der Waals surface area contributed by atoms with E-state index < -0.39 is 0 Å². The van der Waals surface area contributed by atoms with Crippen molar-refractivity contribution < 1.29 is 9.47 Å². The summed E-state index contributed by atoms with van der Waals surface area (Å²) in [6.07, 6.45) is 1.16. The maximum absolute atomic E-state index is 5.69. The minimum atomic E-state index is 0.321. The molecule has 4 heteroatoms. The van der Waals surface area contributed by atoms with Crippen molar-refractivity contribution in [2.75, 3.05) is 31.3 Å². The molecule has 0 bridgehead atoms. The third kappa shape index (κ3) is 3.07. The average molecular weight is 250 g/mol. The van der Waals surface area contributed by atoms with Crippen LogP contribution in [0, 0.1) is 5.92 Å². The van der Waals surface area contributed by atoms with Crippen LogP contribution >= 0.6 is 0 Å². The minimum absolute atomic E-state index is 0.321. The lowest BCUT2D eigenvalue weighted by Crippen LogP contribution is -2.30. The number of rotatable bonds is 6. The highest BCUT2D eigenvalue weighted by Gasteiger charge is 2.15. The van der Waals surface area contributed by atoms with Gasteiger partial charge in [0, 0.05) is 31.4 Å². The maximum atomic E-state index is 5.69. The highest BCUT2D eigenvalue weighted by Crippen LogP contribution is 2.35. The first-order chi connectivity index (χ1) is 8.70. The third-order valence-corrected chi connectivity index (χ3v) is 3.10. The Labute approximate surface area is 109 Å². The van der Waals surface area contributed by atoms with Gasteiger partial charge in [-0.1, -0.05) is 13.8 Å². The lowest BCUT2D eigenvalue weighted by molar-refractivity contribution is 0.174. The minimum Gasteiger partial charge on any atom is -0.454 e. The van der Waals surface area contributed by atoms with Crippen molar-refractivity contribution in [1.29, 1.82) is 0 Å². The fourth-order valence-electron chi connectivity index (χ4n) is 2.02. The monoisotopic (exact) mass is 250 g/mol. The number of nitrogens with zero attached hydrogens (tertiary/aromatic N) is 1. The summed E-state index contributed by atoms with van der Waals surface area (Å²) in [6.45, 7) is 7.34. The largest absolute Gasteiger partial charge is 0.454 e. The normalized spacial score (nSPS) is 13.1. The number of nitrogens with two attached hydrogens (primary N) is 1. The van der Waals surface area contributed by atoms with Crippen LogP contribution in [0.3, 0.4) is 0 Å². The molecule has 0 atom stereocenters. The van der Waals surface area contributed by atoms with Crippen molar-refractivity contribution in [2.24, 2.45) is 11.7 Å². The Bertz CT molecular complexity index is 393. The lowest BCUT2D eigenvalue weighted by atomic mass is 10.1. The average Bonchev–Trinajstić information content (AvgIpc) is 2.81. The molecule has 0 radical (unpaired) electrons. The highest BCUT2D eigenvalue weighted by atomic mass is 16.7. The molecular formula is C14H22N2O2. The number of hydrogen-bond acceptors (Lipinski definition) is 4. The molecule has 0 spiro atoms. The SMILES string of the molecule is CC(C)CCN(CCN)c1ccc2c(c1)OCO2. The zero-order chi connectivity index (χ0) is 13.0. The fraction of sp³-hybridized carbons (Fsp3) is 0.571.